The Balaban J connectivity index is 2.88. The molecule has 0 aliphatic carbocycles. The van der Waals surface area contributed by atoms with Crippen LogP contribution < -0.4 is 5.43 Å². The van der Waals surface area contributed by atoms with Crippen LogP contribution in [0.25, 0.3) is 10.9 Å². The maximum absolute atomic E-state index is 11.5. The van der Waals surface area contributed by atoms with Crippen LogP contribution in [0.4, 0.5) is 0 Å². The number of rotatable bonds is 1. The van der Waals surface area contributed by atoms with Gasteiger partial charge in [0.1, 0.15) is 0 Å². The Hall–Kier alpha value is -1.57. The summed E-state index contributed by atoms with van der Waals surface area (Å²) in [5.41, 5.74) is 2.25. The molecular formula is C12H13NO. The average Bonchev–Trinajstić information content (AvgIpc) is 2.17. The number of pyridine rings is 1. The van der Waals surface area contributed by atoms with Gasteiger partial charge in [-0.25, -0.2) is 0 Å². The van der Waals surface area contributed by atoms with Gasteiger partial charge in [0.05, 0.1) is 5.52 Å². The predicted octanol–water partition coefficient (Wildman–Crippen LogP) is 2.65. The van der Waals surface area contributed by atoms with E-state index < -0.39 is 0 Å². The fourth-order valence-electron chi connectivity index (χ4n) is 1.71. The van der Waals surface area contributed by atoms with Gasteiger partial charge in [-0.05, 0) is 17.5 Å². The molecule has 2 rings (SSSR count). The summed E-state index contributed by atoms with van der Waals surface area (Å²) in [6.45, 7) is 4.25. The maximum atomic E-state index is 11.5. The fraction of sp³-hybridized carbons (Fsp3) is 0.250. The lowest BCUT2D eigenvalue weighted by Gasteiger charge is -2.08. The molecule has 2 heteroatoms. The Kier molecular flexibility index (Phi) is 2.12. The van der Waals surface area contributed by atoms with Crippen molar-refractivity contribution in [2.75, 3.05) is 0 Å². The minimum Gasteiger partial charge on any atom is -0.361 e. The van der Waals surface area contributed by atoms with Gasteiger partial charge in [0.2, 0.25) is 0 Å². The number of hydrogen-bond donors (Lipinski definition) is 1. The second-order valence-electron chi connectivity index (χ2n) is 3.77. The minimum absolute atomic E-state index is 0.0845. The van der Waals surface area contributed by atoms with Crippen LogP contribution in [-0.4, -0.2) is 4.98 Å². The Morgan fingerprint density at radius 2 is 2.00 bits per heavy atom. The maximum Gasteiger partial charge on any atom is 0.189 e. The van der Waals surface area contributed by atoms with Gasteiger partial charge >= 0.3 is 0 Å². The van der Waals surface area contributed by atoms with Crippen LogP contribution >= 0.6 is 0 Å². The average molecular weight is 187 g/mol. The van der Waals surface area contributed by atoms with E-state index in [4.69, 9.17) is 0 Å². The highest BCUT2D eigenvalue weighted by atomic mass is 16.1. The summed E-state index contributed by atoms with van der Waals surface area (Å²) < 4.78 is 0. The first-order valence-corrected chi connectivity index (χ1v) is 4.80. The van der Waals surface area contributed by atoms with Crippen LogP contribution in [-0.2, 0) is 0 Å². The topological polar surface area (TPSA) is 32.9 Å². The van der Waals surface area contributed by atoms with Crippen molar-refractivity contribution in [1.82, 2.24) is 4.98 Å². The number of para-hydroxylation sites is 1. The summed E-state index contributed by atoms with van der Waals surface area (Å²) in [6.07, 6.45) is 1.70. The number of aromatic amines is 1. The third-order valence-corrected chi connectivity index (χ3v) is 2.45. The van der Waals surface area contributed by atoms with Gasteiger partial charge < -0.3 is 4.98 Å². The second kappa shape index (κ2) is 3.29. The largest absolute Gasteiger partial charge is 0.361 e. The van der Waals surface area contributed by atoms with Crippen LogP contribution in [0.1, 0.15) is 25.3 Å². The van der Waals surface area contributed by atoms with Crippen LogP contribution in [0.5, 0.6) is 0 Å². The molecule has 0 aliphatic heterocycles. The first kappa shape index (κ1) is 9.00. The zero-order valence-electron chi connectivity index (χ0n) is 8.37. The molecule has 1 aromatic carbocycles. The monoisotopic (exact) mass is 187 g/mol. The predicted molar refractivity (Wildman–Crippen MR) is 58.7 cm³/mol. The molecule has 0 aliphatic rings. The lowest BCUT2D eigenvalue weighted by Crippen LogP contribution is -2.02. The fourth-order valence-corrected chi connectivity index (χ4v) is 1.71. The lowest BCUT2D eigenvalue weighted by molar-refractivity contribution is 0.872. The summed E-state index contributed by atoms with van der Waals surface area (Å²) in [7, 11) is 0. The molecule has 72 valence electrons. The number of hydrogen-bond acceptors (Lipinski definition) is 1. The van der Waals surface area contributed by atoms with Gasteiger partial charge in [-0.15, -0.1) is 0 Å². The third-order valence-electron chi connectivity index (χ3n) is 2.45. The third kappa shape index (κ3) is 1.33. The number of fused-ring (bicyclic) bond motifs is 1. The van der Waals surface area contributed by atoms with E-state index in [1.165, 1.54) is 5.56 Å². The smallest absolute Gasteiger partial charge is 0.189 e. The van der Waals surface area contributed by atoms with Gasteiger partial charge in [-0.3, -0.25) is 4.79 Å². The SMILES string of the molecule is CC(C)c1cccc2c(=O)cc[nH]c12. The molecule has 0 bridgehead atoms. The zero-order chi connectivity index (χ0) is 10.1. The highest BCUT2D eigenvalue weighted by Gasteiger charge is 2.05. The Morgan fingerprint density at radius 3 is 2.71 bits per heavy atom. The van der Waals surface area contributed by atoms with Crippen LogP contribution in [0.2, 0.25) is 0 Å². The minimum atomic E-state index is 0.0845. The molecule has 2 nitrogen and oxygen atoms in total. The number of nitrogens with one attached hydrogen (secondary N) is 1. The van der Waals surface area contributed by atoms with Gasteiger partial charge in [-0.2, -0.15) is 0 Å². The molecule has 1 heterocycles. The molecule has 0 saturated heterocycles. The van der Waals surface area contributed by atoms with E-state index in [-0.39, 0.29) is 5.43 Å². The lowest BCUT2D eigenvalue weighted by atomic mass is 10.00. The van der Waals surface area contributed by atoms with Gasteiger partial charge in [0.15, 0.2) is 5.43 Å². The Labute approximate surface area is 82.6 Å². The molecule has 0 amide bonds. The summed E-state index contributed by atoms with van der Waals surface area (Å²) in [4.78, 5) is 14.7. The van der Waals surface area contributed by atoms with Crippen molar-refractivity contribution >= 4 is 10.9 Å². The molecule has 0 saturated carbocycles. The molecule has 14 heavy (non-hydrogen) atoms. The van der Waals surface area contributed by atoms with Crippen molar-refractivity contribution in [3.05, 3.63) is 46.2 Å². The van der Waals surface area contributed by atoms with Crippen LogP contribution in [0.15, 0.2) is 35.3 Å². The van der Waals surface area contributed by atoms with E-state index in [1.807, 2.05) is 12.1 Å². The molecular weight excluding hydrogens is 174 g/mol. The highest BCUT2D eigenvalue weighted by molar-refractivity contribution is 5.81. The van der Waals surface area contributed by atoms with Gasteiger partial charge in [-0.1, -0.05) is 26.0 Å². The summed E-state index contributed by atoms with van der Waals surface area (Å²) >= 11 is 0. The van der Waals surface area contributed by atoms with E-state index in [1.54, 1.807) is 12.3 Å². The Morgan fingerprint density at radius 1 is 1.21 bits per heavy atom. The molecule has 0 radical (unpaired) electrons. The van der Waals surface area contributed by atoms with Crippen LogP contribution in [0.3, 0.4) is 0 Å². The number of H-pyrrole nitrogens is 1. The summed E-state index contributed by atoms with van der Waals surface area (Å²) in [5.74, 6) is 0.428. The van der Waals surface area contributed by atoms with Gasteiger partial charge in [0.25, 0.3) is 0 Å². The Bertz CT molecular complexity index is 511. The van der Waals surface area contributed by atoms with Crippen molar-refractivity contribution in [3.8, 4) is 0 Å². The zero-order valence-corrected chi connectivity index (χ0v) is 8.37. The molecule has 0 atom stereocenters. The quantitative estimate of drug-likeness (QED) is 0.731. The molecule has 1 aromatic heterocycles. The van der Waals surface area contributed by atoms with Crippen molar-refractivity contribution in [2.24, 2.45) is 0 Å². The summed E-state index contributed by atoms with van der Waals surface area (Å²) in [5, 5.41) is 0.777. The normalized spacial score (nSPS) is 11.1. The number of aromatic nitrogens is 1. The van der Waals surface area contributed by atoms with Crippen molar-refractivity contribution in [3.63, 3.8) is 0 Å². The molecule has 0 fully saturated rings. The van der Waals surface area contributed by atoms with E-state index >= 15 is 0 Å². The molecule has 0 unspecified atom stereocenters. The standard InChI is InChI=1S/C12H13NO/c1-8(2)9-4-3-5-10-11(14)6-7-13-12(9)10/h3-8H,1-2H3,(H,13,14). The van der Waals surface area contributed by atoms with E-state index in [0.717, 1.165) is 10.9 Å². The molecule has 0 spiro atoms. The van der Waals surface area contributed by atoms with Crippen molar-refractivity contribution in [1.29, 1.82) is 0 Å². The highest BCUT2D eigenvalue weighted by Crippen LogP contribution is 2.20. The van der Waals surface area contributed by atoms with Crippen molar-refractivity contribution < 1.29 is 0 Å². The molecule has 1 N–H and O–H groups in total. The van der Waals surface area contributed by atoms with Crippen molar-refractivity contribution in [2.45, 2.75) is 19.8 Å². The first-order chi connectivity index (χ1) is 6.70. The van der Waals surface area contributed by atoms with E-state index in [9.17, 15) is 4.79 Å². The van der Waals surface area contributed by atoms with E-state index in [2.05, 4.69) is 24.9 Å². The van der Waals surface area contributed by atoms with Crippen LogP contribution in [0, 0.1) is 0 Å². The van der Waals surface area contributed by atoms with Gasteiger partial charge in [0, 0.05) is 17.6 Å². The summed E-state index contributed by atoms with van der Waals surface area (Å²) in [6, 6.07) is 7.42. The van der Waals surface area contributed by atoms with E-state index in [0.29, 0.717) is 5.92 Å². The number of benzene rings is 1. The second-order valence-corrected chi connectivity index (χ2v) is 3.77. The first-order valence-electron chi connectivity index (χ1n) is 4.80. The molecule has 2 aromatic rings.